The maximum absolute atomic E-state index is 12.5. The van der Waals surface area contributed by atoms with Gasteiger partial charge in [0.05, 0.1) is 25.9 Å². The molecule has 2 aromatic carbocycles. The van der Waals surface area contributed by atoms with Gasteiger partial charge in [0.25, 0.3) is 5.91 Å². The summed E-state index contributed by atoms with van der Waals surface area (Å²) in [6.45, 7) is 1.04. The van der Waals surface area contributed by atoms with Gasteiger partial charge >= 0.3 is 5.97 Å². The van der Waals surface area contributed by atoms with Crippen LogP contribution in [0.3, 0.4) is 0 Å². The minimum Gasteiger partial charge on any atom is -0.491 e. The van der Waals surface area contributed by atoms with Crippen LogP contribution in [0.5, 0.6) is 5.75 Å². The van der Waals surface area contributed by atoms with Crippen LogP contribution in [-0.2, 0) is 16.1 Å². The van der Waals surface area contributed by atoms with Crippen molar-refractivity contribution in [3.8, 4) is 17.1 Å². The molecule has 0 fully saturated rings. The van der Waals surface area contributed by atoms with Crippen molar-refractivity contribution in [1.82, 2.24) is 5.32 Å². The van der Waals surface area contributed by atoms with Crippen molar-refractivity contribution in [3.63, 3.8) is 0 Å². The molecule has 2 N–H and O–H groups in total. The van der Waals surface area contributed by atoms with Crippen molar-refractivity contribution in [2.45, 2.75) is 13.0 Å². The highest BCUT2D eigenvalue weighted by Crippen LogP contribution is 2.21. The fraction of sp³-hybridized carbons (Fsp3) is 0.217. The molecule has 7 heteroatoms. The van der Waals surface area contributed by atoms with Gasteiger partial charge in [0.2, 0.25) is 0 Å². The zero-order valence-electron chi connectivity index (χ0n) is 16.4. The lowest BCUT2D eigenvalue weighted by atomic mass is 10.1. The number of nitrogens with one attached hydrogen (secondary N) is 1. The molecule has 0 aliphatic heterocycles. The zero-order chi connectivity index (χ0) is 21.2. The summed E-state index contributed by atoms with van der Waals surface area (Å²) in [4.78, 5) is 22.9. The molecule has 0 atom stereocenters. The third-order valence-electron chi connectivity index (χ3n) is 4.31. The van der Waals surface area contributed by atoms with Crippen LogP contribution < -0.4 is 10.1 Å². The molecular weight excluding hydrogens is 386 g/mol. The smallest absolute Gasteiger partial charge is 0.305 e. The van der Waals surface area contributed by atoms with Gasteiger partial charge < -0.3 is 24.3 Å². The van der Waals surface area contributed by atoms with Gasteiger partial charge in [-0.05, 0) is 30.3 Å². The normalized spacial score (nSPS) is 10.5. The van der Waals surface area contributed by atoms with Gasteiger partial charge in [-0.3, -0.25) is 9.59 Å². The summed E-state index contributed by atoms with van der Waals surface area (Å²) in [6, 6.07) is 18.3. The topological polar surface area (TPSA) is 98.0 Å². The predicted molar refractivity (Wildman–Crippen MR) is 110 cm³/mol. The molecule has 0 saturated carbocycles. The van der Waals surface area contributed by atoms with Gasteiger partial charge in [0.15, 0.2) is 0 Å². The molecule has 7 nitrogen and oxygen atoms in total. The molecule has 3 rings (SSSR count). The predicted octanol–water partition coefficient (Wildman–Crippen LogP) is 3.75. The lowest BCUT2D eigenvalue weighted by Gasteiger charge is -2.12. The van der Waals surface area contributed by atoms with Crippen LogP contribution >= 0.6 is 0 Å². The van der Waals surface area contributed by atoms with Crippen molar-refractivity contribution >= 4 is 11.9 Å². The molecule has 1 amide bonds. The number of rotatable bonds is 11. The van der Waals surface area contributed by atoms with Gasteiger partial charge in [-0.15, -0.1) is 0 Å². The van der Waals surface area contributed by atoms with Gasteiger partial charge in [-0.25, -0.2) is 0 Å². The van der Waals surface area contributed by atoms with E-state index in [9.17, 15) is 9.59 Å². The molecule has 0 unspecified atom stereocenters. The van der Waals surface area contributed by atoms with E-state index in [1.807, 2.05) is 48.5 Å². The van der Waals surface area contributed by atoms with E-state index in [1.54, 1.807) is 18.4 Å². The van der Waals surface area contributed by atoms with Crippen molar-refractivity contribution in [2.24, 2.45) is 0 Å². The molecule has 0 aliphatic carbocycles. The largest absolute Gasteiger partial charge is 0.491 e. The molecule has 0 bridgehead atoms. The Morgan fingerprint density at radius 3 is 2.47 bits per heavy atom. The number of carboxylic acid groups (broad SMARTS) is 1. The molecule has 0 spiro atoms. The van der Waals surface area contributed by atoms with E-state index < -0.39 is 5.97 Å². The second-order valence-electron chi connectivity index (χ2n) is 6.45. The Morgan fingerprint density at radius 2 is 1.73 bits per heavy atom. The third kappa shape index (κ3) is 6.22. The third-order valence-corrected chi connectivity index (χ3v) is 4.31. The molecule has 1 aromatic heterocycles. The number of furan rings is 1. The number of amides is 1. The number of para-hydroxylation sites is 1. The number of aliphatic carboxylic acids is 1. The van der Waals surface area contributed by atoms with Gasteiger partial charge in [-0.1, -0.05) is 30.3 Å². The Bertz CT molecular complexity index is 950. The molecule has 0 aliphatic rings. The van der Waals surface area contributed by atoms with E-state index in [4.69, 9.17) is 19.0 Å². The lowest BCUT2D eigenvalue weighted by molar-refractivity contribution is -0.138. The molecule has 30 heavy (non-hydrogen) atoms. The van der Waals surface area contributed by atoms with Crippen molar-refractivity contribution in [2.75, 3.05) is 19.8 Å². The highest BCUT2D eigenvalue weighted by atomic mass is 16.5. The number of benzene rings is 2. The first kappa shape index (κ1) is 21.1. The summed E-state index contributed by atoms with van der Waals surface area (Å²) < 4.78 is 16.3. The van der Waals surface area contributed by atoms with Crippen LogP contribution in [0.4, 0.5) is 0 Å². The van der Waals surface area contributed by atoms with E-state index in [2.05, 4.69) is 5.32 Å². The number of ether oxygens (including phenoxy) is 2. The second kappa shape index (κ2) is 10.8. The fourth-order valence-electron chi connectivity index (χ4n) is 2.77. The van der Waals surface area contributed by atoms with Crippen LogP contribution in [0, 0.1) is 0 Å². The molecule has 0 saturated heterocycles. The van der Waals surface area contributed by atoms with Crippen LogP contribution in [0.25, 0.3) is 11.3 Å². The molecule has 0 radical (unpaired) electrons. The van der Waals surface area contributed by atoms with Gasteiger partial charge in [-0.2, -0.15) is 0 Å². The van der Waals surface area contributed by atoms with Crippen molar-refractivity contribution in [3.05, 3.63) is 78.1 Å². The van der Waals surface area contributed by atoms with E-state index in [0.29, 0.717) is 24.5 Å². The summed E-state index contributed by atoms with van der Waals surface area (Å²) in [5.41, 5.74) is 2.29. The Labute approximate surface area is 174 Å². The van der Waals surface area contributed by atoms with Crippen LogP contribution in [-0.4, -0.2) is 36.8 Å². The minimum atomic E-state index is -0.896. The number of carbonyl (C=O) groups excluding carboxylic acids is 1. The number of carbonyl (C=O) groups is 2. The maximum atomic E-state index is 12.5. The number of carboxylic acids is 1. The Balaban J connectivity index is 1.49. The number of hydrogen-bond acceptors (Lipinski definition) is 5. The van der Waals surface area contributed by atoms with Crippen LogP contribution in [0.2, 0.25) is 0 Å². The van der Waals surface area contributed by atoms with E-state index >= 15 is 0 Å². The Morgan fingerprint density at radius 1 is 0.933 bits per heavy atom. The zero-order valence-corrected chi connectivity index (χ0v) is 16.4. The SMILES string of the molecule is O=C(O)CCOCCOc1ccccc1CNC(=O)c1ccc(-c2ccco2)cc1. The first-order valence-electron chi connectivity index (χ1n) is 9.56. The highest BCUT2D eigenvalue weighted by Gasteiger charge is 2.09. The summed E-state index contributed by atoms with van der Waals surface area (Å²) in [7, 11) is 0. The van der Waals surface area contributed by atoms with Crippen molar-refractivity contribution < 1.29 is 28.6 Å². The fourth-order valence-corrected chi connectivity index (χ4v) is 2.77. The van der Waals surface area contributed by atoms with Crippen molar-refractivity contribution in [1.29, 1.82) is 0 Å². The van der Waals surface area contributed by atoms with E-state index in [1.165, 1.54) is 0 Å². The van der Waals surface area contributed by atoms with Gasteiger partial charge in [0, 0.05) is 23.2 Å². The molecule has 1 heterocycles. The number of hydrogen-bond donors (Lipinski definition) is 2. The highest BCUT2D eigenvalue weighted by molar-refractivity contribution is 5.94. The summed E-state index contributed by atoms with van der Waals surface area (Å²) in [6.07, 6.45) is 1.57. The van der Waals surface area contributed by atoms with Crippen LogP contribution in [0.1, 0.15) is 22.3 Å². The van der Waals surface area contributed by atoms with E-state index in [-0.39, 0.29) is 25.5 Å². The molecule has 156 valence electrons. The molecular formula is C23H23NO6. The van der Waals surface area contributed by atoms with E-state index in [0.717, 1.165) is 16.9 Å². The lowest BCUT2D eigenvalue weighted by Crippen LogP contribution is -2.23. The Kier molecular flexibility index (Phi) is 7.63. The summed E-state index contributed by atoms with van der Waals surface area (Å²) in [5.74, 6) is 0.313. The maximum Gasteiger partial charge on any atom is 0.305 e. The van der Waals surface area contributed by atoms with Crippen LogP contribution in [0.15, 0.2) is 71.3 Å². The van der Waals surface area contributed by atoms with Gasteiger partial charge in [0.1, 0.15) is 18.1 Å². The first-order valence-corrected chi connectivity index (χ1v) is 9.56. The minimum absolute atomic E-state index is 0.0366. The second-order valence-corrected chi connectivity index (χ2v) is 6.45. The summed E-state index contributed by atoms with van der Waals surface area (Å²) >= 11 is 0. The summed E-state index contributed by atoms with van der Waals surface area (Å²) in [5, 5.41) is 11.5. The average Bonchev–Trinajstić information content (AvgIpc) is 3.30. The molecule has 3 aromatic rings. The quantitative estimate of drug-likeness (QED) is 0.468. The first-order chi connectivity index (χ1) is 14.6. The standard InChI is InChI=1S/C23H23NO6/c25-22(26)11-13-28-14-15-30-21-5-2-1-4-19(21)16-24-23(27)18-9-7-17(8-10-18)20-6-3-12-29-20/h1-10,12H,11,13-16H2,(H,24,27)(H,25,26). The monoisotopic (exact) mass is 409 g/mol. The average molecular weight is 409 g/mol. The Hall–Kier alpha value is -3.58.